The zero-order valence-electron chi connectivity index (χ0n) is 21.3. The zero-order chi connectivity index (χ0) is 26.6. The number of aliphatic hydroxyl groups is 1. The molecule has 11 heteroatoms. The van der Waals surface area contributed by atoms with Crippen molar-refractivity contribution in [3.05, 3.63) is 59.3 Å². The number of benzene rings is 2. The number of ether oxygens (including phenoxy) is 2. The fraction of sp³-hybridized carbons (Fsp3) is 0.444. The van der Waals surface area contributed by atoms with Crippen LogP contribution in [-0.2, 0) is 9.47 Å². The number of aromatic nitrogens is 2. The number of fused-ring (bicyclic) bond motifs is 1. The van der Waals surface area contributed by atoms with Crippen LogP contribution in [0, 0.1) is 11.6 Å². The van der Waals surface area contributed by atoms with Crippen LogP contribution in [0.25, 0.3) is 11.0 Å². The predicted molar refractivity (Wildman–Crippen MR) is 138 cm³/mol. The van der Waals surface area contributed by atoms with E-state index in [0.29, 0.717) is 80.6 Å². The molecule has 1 aromatic heterocycles. The third-order valence-corrected chi connectivity index (χ3v) is 6.98. The lowest BCUT2D eigenvalue weighted by atomic mass is 9.99. The van der Waals surface area contributed by atoms with Crippen molar-refractivity contribution in [2.24, 2.45) is 0 Å². The Labute approximate surface area is 219 Å². The van der Waals surface area contributed by atoms with Crippen LogP contribution in [0.3, 0.4) is 0 Å². The molecule has 2 aliphatic heterocycles. The van der Waals surface area contributed by atoms with Crippen molar-refractivity contribution >= 4 is 28.4 Å². The topological polar surface area (TPSA) is 91.3 Å². The molecular formula is C27H31F2N5O4. The summed E-state index contributed by atoms with van der Waals surface area (Å²) in [6.07, 6.45) is 1.69. The summed E-state index contributed by atoms with van der Waals surface area (Å²) >= 11 is 0. The second-order valence-electron chi connectivity index (χ2n) is 9.39. The number of hydrogen-bond donors (Lipinski definition) is 1. The van der Waals surface area contributed by atoms with E-state index in [2.05, 4.69) is 9.88 Å². The number of carbonyl (C=O) groups excluding carboxylic acids is 1. The van der Waals surface area contributed by atoms with Crippen molar-refractivity contribution in [3.63, 3.8) is 0 Å². The third kappa shape index (κ3) is 5.54. The average Bonchev–Trinajstić information content (AvgIpc) is 2.94. The van der Waals surface area contributed by atoms with E-state index in [-0.39, 0.29) is 24.7 Å². The fourth-order valence-electron chi connectivity index (χ4n) is 4.99. The third-order valence-electron chi connectivity index (χ3n) is 6.98. The number of amides is 1. The molecule has 0 aliphatic carbocycles. The van der Waals surface area contributed by atoms with Gasteiger partial charge in [-0.3, -0.25) is 9.78 Å². The van der Waals surface area contributed by atoms with Gasteiger partial charge < -0.3 is 29.3 Å². The van der Waals surface area contributed by atoms with E-state index < -0.39 is 17.7 Å². The van der Waals surface area contributed by atoms with E-state index in [9.17, 15) is 18.7 Å². The number of morpholine rings is 2. The molecule has 3 aromatic rings. The SMILES string of the molecule is CC(c1cc(C(=O)N2CCOCC2)cc2ncc(N3CCOCC3)nc12)N(CCO)c1cc(F)cc(F)c1. The maximum Gasteiger partial charge on any atom is 0.254 e. The van der Waals surface area contributed by atoms with E-state index >= 15 is 0 Å². The molecule has 0 spiro atoms. The number of rotatable bonds is 7. The van der Waals surface area contributed by atoms with Crippen LogP contribution >= 0.6 is 0 Å². The molecule has 1 atom stereocenters. The minimum Gasteiger partial charge on any atom is -0.395 e. The second kappa shape index (κ2) is 11.5. The largest absolute Gasteiger partial charge is 0.395 e. The highest BCUT2D eigenvalue weighted by molar-refractivity contribution is 5.98. The van der Waals surface area contributed by atoms with Gasteiger partial charge in [-0.2, -0.15) is 0 Å². The molecule has 3 heterocycles. The molecule has 2 saturated heterocycles. The highest BCUT2D eigenvalue weighted by atomic mass is 19.1. The Bertz CT molecular complexity index is 1280. The average molecular weight is 528 g/mol. The summed E-state index contributed by atoms with van der Waals surface area (Å²) in [6, 6.07) is 6.27. The van der Waals surface area contributed by atoms with Gasteiger partial charge in [0.15, 0.2) is 0 Å². The first-order valence-corrected chi connectivity index (χ1v) is 12.8. The molecule has 1 unspecified atom stereocenters. The van der Waals surface area contributed by atoms with Crippen molar-refractivity contribution < 1.29 is 28.2 Å². The van der Waals surface area contributed by atoms with Crippen molar-refractivity contribution in [2.75, 3.05) is 75.6 Å². The number of aliphatic hydroxyl groups excluding tert-OH is 1. The Hall–Kier alpha value is -3.41. The van der Waals surface area contributed by atoms with Gasteiger partial charge in [0.05, 0.1) is 56.3 Å². The summed E-state index contributed by atoms with van der Waals surface area (Å²) in [5.41, 5.74) is 2.51. The standard InChI is InChI=1S/C27H31F2N5O4/c1-18(34(2-7-35)22-15-20(28)14-21(29)16-22)23-12-19(27(36)33-5-10-38-11-6-33)13-24-26(23)31-25(17-30-24)32-3-8-37-9-4-32/h12-18,35H,2-11H2,1H3. The van der Waals surface area contributed by atoms with Crippen LogP contribution in [-0.4, -0.2) is 91.6 Å². The Balaban J connectivity index is 1.62. The fourth-order valence-corrected chi connectivity index (χ4v) is 4.99. The van der Waals surface area contributed by atoms with Crippen LogP contribution in [0.1, 0.15) is 28.9 Å². The van der Waals surface area contributed by atoms with E-state index in [1.165, 1.54) is 12.1 Å². The predicted octanol–water partition coefficient (Wildman–Crippen LogP) is 2.78. The first-order chi connectivity index (χ1) is 18.4. The van der Waals surface area contributed by atoms with Gasteiger partial charge in [-0.25, -0.2) is 13.8 Å². The summed E-state index contributed by atoms with van der Waals surface area (Å²) in [6.45, 7) is 6.19. The van der Waals surface area contributed by atoms with Gasteiger partial charge >= 0.3 is 0 Å². The molecule has 9 nitrogen and oxygen atoms in total. The van der Waals surface area contributed by atoms with Gasteiger partial charge in [0.1, 0.15) is 17.5 Å². The van der Waals surface area contributed by atoms with Crippen LogP contribution in [0.15, 0.2) is 36.5 Å². The molecule has 0 bridgehead atoms. The highest BCUT2D eigenvalue weighted by Crippen LogP contribution is 2.33. The summed E-state index contributed by atoms with van der Waals surface area (Å²) in [5, 5.41) is 9.82. The molecular weight excluding hydrogens is 496 g/mol. The molecule has 38 heavy (non-hydrogen) atoms. The van der Waals surface area contributed by atoms with E-state index in [0.717, 1.165) is 6.07 Å². The normalized spacial score (nSPS) is 17.1. The van der Waals surface area contributed by atoms with Crippen LogP contribution in [0.5, 0.6) is 0 Å². The van der Waals surface area contributed by atoms with Gasteiger partial charge in [0, 0.05) is 55.6 Å². The molecule has 2 aromatic carbocycles. The molecule has 202 valence electrons. The second-order valence-corrected chi connectivity index (χ2v) is 9.39. The Morgan fingerprint density at radius 3 is 2.34 bits per heavy atom. The lowest BCUT2D eigenvalue weighted by Crippen LogP contribution is -2.40. The highest BCUT2D eigenvalue weighted by Gasteiger charge is 2.26. The number of halogens is 2. The van der Waals surface area contributed by atoms with E-state index in [1.54, 1.807) is 28.1 Å². The van der Waals surface area contributed by atoms with Crippen LogP contribution in [0.4, 0.5) is 20.3 Å². The zero-order valence-corrected chi connectivity index (χ0v) is 21.3. The quantitative estimate of drug-likeness (QED) is 0.502. The van der Waals surface area contributed by atoms with Crippen molar-refractivity contribution in [1.82, 2.24) is 14.9 Å². The molecule has 5 rings (SSSR count). The summed E-state index contributed by atoms with van der Waals surface area (Å²) in [5.74, 6) is -0.892. The molecule has 1 N–H and O–H groups in total. The molecule has 0 radical (unpaired) electrons. The minimum atomic E-state index is -0.717. The smallest absolute Gasteiger partial charge is 0.254 e. The maximum absolute atomic E-state index is 14.2. The molecule has 0 saturated carbocycles. The van der Waals surface area contributed by atoms with E-state index in [1.807, 2.05) is 6.92 Å². The van der Waals surface area contributed by atoms with Crippen molar-refractivity contribution in [3.8, 4) is 0 Å². The van der Waals surface area contributed by atoms with Crippen LogP contribution in [0.2, 0.25) is 0 Å². The van der Waals surface area contributed by atoms with Gasteiger partial charge in [0.25, 0.3) is 5.91 Å². The summed E-state index contributed by atoms with van der Waals surface area (Å²) in [4.78, 5) is 28.6. The number of nitrogens with zero attached hydrogens (tertiary/aromatic N) is 5. The lowest BCUT2D eigenvalue weighted by Gasteiger charge is -2.33. The van der Waals surface area contributed by atoms with Gasteiger partial charge in [-0.1, -0.05) is 0 Å². The molecule has 2 fully saturated rings. The monoisotopic (exact) mass is 527 g/mol. The Morgan fingerprint density at radius 1 is 1.03 bits per heavy atom. The van der Waals surface area contributed by atoms with Gasteiger partial charge in [-0.05, 0) is 31.2 Å². The van der Waals surface area contributed by atoms with Gasteiger partial charge in [-0.15, -0.1) is 0 Å². The van der Waals surface area contributed by atoms with Crippen molar-refractivity contribution in [1.29, 1.82) is 0 Å². The number of carbonyl (C=O) groups is 1. The first kappa shape index (κ1) is 26.2. The Kier molecular flexibility index (Phi) is 7.96. The van der Waals surface area contributed by atoms with Crippen molar-refractivity contribution in [2.45, 2.75) is 13.0 Å². The summed E-state index contributed by atoms with van der Waals surface area (Å²) < 4.78 is 39.2. The molecule has 1 amide bonds. The summed E-state index contributed by atoms with van der Waals surface area (Å²) in [7, 11) is 0. The number of anilines is 2. The van der Waals surface area contributed by atoms with Crippen LogP contribution < -0.4 is 9.80 Å². The lowest BCUT2D eigenvalue weighted by molar-refractivity contribution is 0.0303. The van der Waals surface area contributed by atoms with Gasteiger partial charge in [0.2, 0.25) is 0 Å². The first-order valence-electron chi connectivity index (χ1n) is 12.8. The number of hydrogen-bond acceptors (Lipinski definition) is 8. The molecule has 2 aliphatic rings. The minimum absolute atomic E-state index is 0.115. The Morgan fingerprint density at radius 2 is 1.68 bits per heavy atom. The van der Waals surface area contributed by atoms with E-state index in [4.69, 9.17) is 14.5 Å². The maximum atomic E-state index is 14.2.